The Morgan fingerprint density at radius 1 is 1.35 bits per heavy atom. The normalized spacial score (nSPS) is 10.7. The van der Waals surface area contributed by atoms with Crippen molar-refractivity contribution in [2.24, 2.45) is 0 Å². The summed E-state index contributed by atoms with van der Waals surface area (Å²) in [6, 6.07) is 7.69. The maximum Gasteiger partial charge on any atom is 0.147 e. The lowest BCUT2D eigenvalue weighted by Crippen LogP contribution is -2.13. The highest BCUT2D eigenvalue weighted by atomic mass is 35.5. The van der Waals surface area contributed by atoms with Crippen molar-refractivity contribution in [3.8, 4) is 10.6 Å². The van der Waals surface area contributed by atoms with Crippen LogP contribution in [0.1, 0.15) is 18.4 Å². The van der Waals surface area contributed by atoms with E-state index in [0.29, 0.717) is 0 Å². The Labute approximate surface area is 110 Å². The molecule has 0 bridgehead atoms. The van der Waals surface area contributed by atoms with Crippen molar-refractivity contribution in [2.75, 3.05) is 6.54 Å². The number of halogens is 1. The molecule has 0 spiro atoms. The van der Waals surface area contributed by atoms with Crippen molar-refractivity contribution in [1.82, 2.24) is 15.5 Å². The molecule has 0 saturated carbocycles. The Kier molecular flexibility index (Phi) is 4.48. The number of benzene rings is 1. The van der Waals surface area contributed by atoms with Crippen LogP contribution in [0.4, 0.5) is 0 Å². The number of hydrogen-bond acceptors (Lipinski definition) is 4. The summed E-state index contributed by atoms with van der Waals surface area (Å²) in [5.74, 6) is 0. The first-order valence-electron chi connectivity index (χ1n) is 5.58. The zero-order valence-corrected chi connectivity index (χ0v) is 11.2. The van der Waals surface area contributed by atoms with E-state index >= 15 is 0 Å². The van der Waals surface area contributed by atoms with Crippen LogP contribution < -0.4 is 5.32 Å². The van der Waals surface area contributed by atoms with E-state index < -0.39 is 0 Å². The summed E-state index contributed by atoms with van der Waals surface area (Å²) in [7, 11) is 0. The van der Waals surface area contributed by atoms with Crippen LogP contribution in [0.3, 0.4) is 0 Å². The summed E-state index contributed by atoms with van der Waals surface area (Å²) in [5, 5.41) is 14.3. The first-order valence-corrected chi connectivity index (χ1v) is 6.78. The summed E-state index contributed by atoms with van der Waals surface area (Å²) < 4.78 is 0. The van der Waals surface area contributed by atoms with Crippen LogP contribution in [0.2, 0.25) is 5.02 Å². The largest absolute Gasteiger partial charge is 0.310 e. The quantitative estimate of drug-likeness (QED) is 0.844. The zero-order valence-electron chi connectivity index (χ0n) is 9.61. The highest BCUT2D eigenvalue weighted by molar-refractivity contribution is 7.14. The van der Waals surface area contributed by atoms with E-state index in [-0.39, 0.29) is 0 Å². The molecular weight excluding hydrogens is 254 g/mol. The van der Waals surface area contributed by atoms with Crippen molar-refractivity contribution in [1.29, 1.82) is 0 Å². The predicted molar refractivity (Wildman–Crippen MR) is 72.4 cm³/mol. The van der Waals surface area contributed by atoms with Crippen LogP contribution >= 0.6 is 22.9 Å². The Hall–Kier alpha value is -0.970. The van der Waals surface area contributed by atoms with Gasteiger partial charge in [-0.15, -0.1) is 10.2 Å². The van der Waals surface area contributed by atoms with Crippen molar-refractivity contribution in [3.63, 3.8) is 0 Å². The molecule has 90 valence electrons. The molecule has 0 amide bonds. The number of aromatic nitrogens is 2. The lowest BCUT2D eigenvalue weighted by molar-refractivity contribution is 0.668. The fourth-order valence-electron chi connectivity index (χ4n) is 1.44. The van der Waals surface area contributed by atoms with Gasteiger partial charge < -0.3 is 5.32 Å². The van der Waals surface area contributed by atoms with Crippen LogP contribution in [0.15, 0.2) is 24.3 Å². The Morgan fingerprint density at radius 2 is 2.24 bits per heavy atom. The molecule has 0 aliphatic carbocycles. The molecule has 0 radical (unpaired) electrons. The Balaban J connectivity index is 2.07. The van der Waals surface area contributed by atoms with Gasteiger partial charge in [-0.05, 0) is 25.1 Å². The van der Waals surface area contributed by atoms with E-state index in [1.165, 1.54) is 0 Å². The fourth-order valence-corrected chi connectivity index (χ4v) is 2.43. The van der Waals surface area contributed by atoms with Gasteiger partial charge in [0.05, 0.1) is 0 Å². The maximum atomic E-state index is 5.95. The molecule has 0 atom stereocenters. The molecule has 1 aromatic carbocycles. The average molecular weight is 268 g/mol. The van der Waals surface area contributed by atoms with E-state index in [9.17, 15) is 0 Å². The summed E-state index contributed by atoms with van der Waals surface area (Å²) in [4.78, 5) is 0. The lowest BCUT2D eigenvalue weighted by Gasteiger charge is -1.97. The fraction of sp³-hybridized carbons (Fsp3) is 0.333. The standard InChI is InChI=1S/C12H14ClN3S/c1-2-6-14-8-11-15-16-12(17-11)9-4-3-5-10(13)7-9/h3-5,7,14H,2,6,8H2,1H3. The molecule has 17 heavy (non-hydrogen) atoms. The summed E-state index contributed by atoms with van der Waals surface area (Å²) in [6.07, 6.45) is 1.12. The number of hydrogen-bond donors (Lipinski definition) is 1. The van der Waals surface area contributed by atoms with Gasteiger partial charge in [0.15, 0.2) is 0 Å². The summed E-state index contributed by atoms with van der Waals surface area (Å²) >= 11 is 7.55. The minimum atomic E-state index is 0.725. The molecule has 2 rings (SSSR count). The molecular formula is C12H14ClN3S. The van der Waals surface area contributed by atoms with Gasteiger partial charge >= 0.3 is 0 Å². The molecule has 1 heterocycles. The lowest BCUT2D eigenvalue weighted by atomic mass is 10.2. The molecule has 0 saturated heterocycles. The second kappa shape index (κ2) is 6.10. The van der Waals surface area contributed by atoms with E-state index in [0.717, 1.165) is 40.1 Å². The molecule has 0 unspecified atom stereocenters. The highest BCUT2D eigenvalue weighted by Crippen LogP contribution is 2.25. The molecule has 0 fully saturated rings. The third-order valence-corrected chi connectivity index (χ3v) is 3.45. The van der Waals surface area contributed by atoms with Crippen LogP contribution in [-0.4, -0.2) is 16.7 Å². The van der Waals surface area contributed by atoms with Crippen LogP contribution in [0.25, 0.3) is 10.6 Å². The minimum absolute atomic E-state index is 0.725. The molecule has 1 aromatic heterocycles. The Bertz CT molecular complexity index is 484. The third kappa shape index (κ3) is 3.49. The van der Waals surface area contributed by atoms with Gasteiger partial charge in [0.2, 0.25) is 0 Å². The number of nitrogens with one attached hydrogen (secondary N) is 1. The van der Waals surface area contributed by atoms with Crippen molar-refractivity contribution in [2.45, 2.75) is 19.9 Å². The molecule has 2 aromatic rings. The predicted octanol–water partition coefficient (Wildman–Crippen LogP) is 3.36. The smallest absolute Gasteiger partial charge is 0.147 e. The van der Waals surface area contributed by atoms with E-state index in [4.69, 9.17) is 11.6 Å². The zero-order chi connectivity index (χ0) is 12.1. The Morgan fingerprint density at radius 3 is 3.00 bits per heavy atom. The summed E-state index contributed by atoms with van der Waals surface area (Å²) in [5.41, 5.74) is 1.02. The molecule has 5 heteroatoms. The second-order valence-corrected chi connectivity index (χ2v) is 5.19. The SMILES string of the molecule is CCCNCc1nnc(-c2cccc(Cl)c2)s1. The van der Waals surface area contributed by atoms with E-state index in [1.807, 2.05) is 24.3 Å². The van der Waals surface area contributed by atoms with Crippen molar-refractivity contribution < 1.29 is 0 Å². The van der Waals surface area contributed by atoms with E-state index in [2.05, 4.69) is 22.4 Å². The van der Waals surface area contributed by atoms with E-state index in [1.54, 1.807) is 11.3 Å². The average Bonchev–Trinajstić information content (AvgIpc) is 2.78. The maximum absolute atomic E-state index is 5.95. The van der Waals surface area contributed by atoms with Gasteiger partial charge in [0.25, 0.3) is 0 Å². The van der Waals surface area contributed by atoms with Gasteiger partial charge in [-0.1, -0.05) is 42.0 Å². The molecule has 3 nitrogen and oxygen atoms in total. The summed E-state index contributed by atoms with van der Waals surface area (Å²) in [6.45, 7) is 3.93. The second-order valence-electron chi connectivity index (χ2n) is 3.69. The van der Waals surface area contributed by atoms with Gasteiger partial charge in [-0.25, -0.2) is 0 Å². The number of rotatable bonds is 5. The van der Waals surface area contributed by atoms with Crippen molar-refractivity contribution >= 4 is 22.9 Å². The third-order valence-electron chi connectivity index (χ3n) is 2.24. The van der Waals surface area contributed by atoms with Gasteiger partial charge in [0.1, 0.15) is 10.0 Å². The molecule has 0 aliphatic rings. The first-order chi connectivity index (χ1) is 8.29. The highest BCUT2D eigenvalue weighted by Gasteiger charge is 2.06. The van der Waals surface area contributed by atoms with Crippen LogP contribution in [0.5, 0.6) is 0 Å². The van der Waals surface area contributed by atoms with Crippen molar-refractivity contribution in [3.05, 3.63) is 34.3 Å². The van der Waals surface area contributed by atoms with Crippen LogP contribution in [0, 0.1) is 0 Å². The molecule has 1 N–H and O–H groups in total. The monoisotopic (exact) mass is 267 g/mol. The van der Waals surface area contributed by atoms with Crippen LogP contribution in [-0.2, 0) is 6.54 Å². The van der Waals surface area contributed by atoms with Gasteiger partial charge in [-0.2, -0.15) is 0 Å². The minimum Gasteiger partial charge on any atom is -0.310 e. The topological polar surface area (TPSA) is 37.8 Å². The number of nitrogens with zero attached hydrogens (tertiary/aromatic N) is 2. The van der Waals surface area contributed by atoms with Gasteiger partial charge in [-0.3, -0.25) is 0 Å². The first kappa shape index (κ1) is 12.5. The van der Waals surface area contributed by atoms with Gasteiger partial charge in [0, 0.05) is 17.1 Å². The molecule has 0 aliphatic heterocycles.